The molecule has 0 saturated heterocycles. The number of carbonyl (C=O) groups is 1. The monoisotopic (exact) mass is 249 g/mol. The fraction of sp³-hybridized carbons (Fsp3) is 0.385. The summed E-state index contributed by atoms with van der Waals surface area (Å²) in [6.45, 7) is 4.56. The lowest BCUT2D eigenvalue weighted by Gasteiger charge is -2.16. The minimum Gasteiger partial charge on any atom is -0.409 e. The molecule has 5 heteroatoms. The Kier molecular flexibility index (Phi) is 5.17. The zero-order valence-electron chi connectivity index (χ0n) is 10.6. The largest absolute Gasteiger partial charge is 0.409 e. The third-order valence-electron chi connectivity index (χ3n) is 2.49. The first-order valence-corrected chi connectivity index (χ1v) is 5.86. The van der Waals surface area contributed by atoms with Crippen molar-refractivity contribution in [3.05, 3.63) is 35.9 Å². The number of hydrogen-bond acceptors (Lipinski definition) is 3. The zero-order chi connectivity index (χ0) is 13.5. The molecule has 4 N–H and O–H groups in total. The number of nitrogens with one attached hydrogen (secondary N) is 1. The van der Waals surface area contributed by atoms with Gasteiger partial charge in [0.25, 0.3) is 0 Å². The van der Waals surface area contributed by atoms with Crippen LogP contribution in [0.1, 0.15) is 25.3 Å². The topological polar surface area (TPSA) is 87.7 Å². The Morgan fingerprint density at radius 2 is 2.00 bits per heavy atom. The van der Waals surface area contributed by atoms with Crippen molar-refractivity contribution in [3.63, 3.8) is 0 Å². The van der Waals surface area contributed by atoms with Crippen LogP contribution in [0.2, 0.25) is 0 Å². The van der Waals surface area contributed by atoms with Gasteiger partial charge in [0, 0.05) is 6.54 Å². The lowest BCUT2D eigenvalue weighted by Crippen LogP contribution is -2.38. The minimum atomic E-state index is -0.755. The number of amides is 1. The van der Waals surface area contributed by atoms with Crippen molar-refractivity contribution in [2.45, 2.75) is 19.8 Å². The molecular formula is C13H19N3O2. The summed E-state index contributed by atoms with van der Waals surface area (Å²) in [4.78, 5) is 12.1. The smallest absolute Gasteiger partial charge is 0.235 e. The third-order valence-corrected chi connectivity index (χ3v) is 2.49. The second-order valence-corrected chi connectivity index (χ2v) is 4.51. The summed E-state index contributed by atoms with van der Waals surface area (Å²) in [5.74, 6) is -0.778. The van der Waals surface area contributed by atoms with E-state index in [1.807, 2.05) is 32.0 Å². The van der Waals surface area contributed by atoms with Gasteiger partial charge in [-0.25, -0.2) is 0 Å². The minimum absolute atomic E-state index is 0.109. The molecule has 0 bridgehead atoms. The molecule has 0 aromatic heterocycles. The van der Waals surface area contributed by atoms with Gasteiger partial charge in [-0.15, -0.1) is 0 Å². The van der Waals surface area contributed by atoms with E-state index in [0.717, 1.165) is 0 Å². The molecule has 1 aromatic rings. The Hall–Kier alpha value is -2.04. The van der Waals surface area contributed by atoms with E-state index in [-0.39, 0.29) is 11.7 Å². The molecule has 98 valence electrons. The van der Waals surface area contributed by atoms with Crippen LogP contribution in [-0.4, -0.2) is 23.5 Å². The van der Waals surface area contributed by atoms with Crippen LogP contribution in [-0.2, 0) is 4.79 Å². The Bertz CT molecular complexity index is 416. The van der Waals surface area contributed by atoms with Crippen LogP contribution in [0, 0.1) is 5.92 Å². The molecule has 0 aliphatic carbocycles. The van der Waals surface area contributed by atoms with Crippen molar-refractivity contribution < 1.29 is 10.0 Å². The first kappa shape index (κ1) is 14.0. The molecule has 0 radical (unpaired) electrons. The maximum absolute atomic E-state index is 12.1. The highest BCUT2D eigenvalue weighted by atomic mass is 16.4. The van der Waals surface area contributed by atoms with Gasteiger partial charge in [0.2, 0.25) is 5.91 Å². The number of amidine groups is 1. The first-order chi connectivity index (χ1) is 8.56. The second-order valence-electron chi connectivity index (χ2n) is 4.51. The van der Waals surface area contributed by atoms with Gasteiger partial charge >= 0.3 is 0 Å². The summed E-state index contributed by atoms with van der Waals surface area (Å²) in [7, 11) is 0. The van der Waals surface area contributed by atoms with E-state index >= 15 is 0 Å². The fourth-order valence-electron chi connectivity index (χ4n) is 1.57. The van der Waals surface area contributed by atoms with E-state index < -0.39 is 5.92 Å². The highest BCUT2D eigenvalue weighted by molar-refractivity contribution is 6.07. The van der Waals surface area contributed by atoms with Gasteiger partial charge in [-0.1, -0.05) is 49.3 Å². The molecule has 0 fully saturated rings. The van der Waals surface area contributed by atoms with Gasteiger partial charge in [0.15, 0.2) is 5.84 Å². The van der Waals surface area contributed by atoms with Crippen molar-refractivity contribution in [3.8, 4) is 0 Å². The third kappa shape index (κ3) is 3.76. The molecule has 18 heavy (non-hydrogen) atoms. The molecule has 0 saturated carbocycles. The Morgan fingerprint density at radius 3 is 2.50 bits per heavy atom. The predicted molar refractivity (Wildman–Crippen MR) is 70.4 cm³/mol. The second kappa shape index (κ2) is 6.64. The van der Waals surface area contributed by atoms with Gasteiger partial charge in [-0.05, 0) is 11.5 Å². The lowest BCUT2D eigenvalue weighted by molar-refractivity contribution is -0.121. The van der Waals surface area contributed by atoms with Crippen molar-refractivity contribution >= 4 is 11.7 Å². The first-order valence-electron chi connectivity index (χ1n) is 5.86. The Labute approximate surface area is 107 Å². The van der Waals surface area contributed by atoms with Gasteiger partial charge in [0.1, 0.15) is 5.92 Å². The van der Waals surface area contributed by atoms with E-state index in [1.165, 1.54) is 0 Å². The molecule has 0 spiro atoms. The molecule has 0 aliphatic heterocycles. The van der Waals surface area contributed by atoms with E-state index in [2.05, 4.69) is 10.5 Å². The Balaban J connectivity index is 2.90. The number of benzene rings is 1. The van der Waals surface area contributed by atoms with Gasteiger partial charge in [-0.2, -0.15) is 0 Å². The normalized spacial score (nSPS) is 13.4. The van der Waals surface area contributed by atoms with Crippen LogP contribution in [0.4, 0.5) is 0 Å². The number of nitrogens with zero attached hydrogens (tertiary/aromatic N) is 1. The molecule has 1 rings (SSSR count). The summed E-state index contributed by atoms with van der Waals surface area (Å²) in [5.41, 5.74) is 6.30. The van der Waals surface area contributed by atoms with E-state index in [9.17, 15) is 4.79 Å². The van der Waals surface area contributed by atoms with Crippen molar-refractivity contribution in [1.82, 2.24) is 5.32 Å². The maximum atomic E-state index is 12.1. The van der Waals surface area contributed by atoms with E-state index in [1.54, 1.807) is 12.1 Å². The summed E-state index contributed by atoms with van der Waals surface area (Å²) in [6.07, 6.45) is 0. The van der Waals surface area contributed by atoms with Gasteiger partial charge < -0.3 is 16.3 Å². The molecule has 1 atom stereocenters. The maximum Gasteiger partial charge on any atom is 0.235 e. The SMILES string of the molecule is CC(C)CNC(=O)C(C(N)=NO)c1ccccc1. The van der Waals surface area contributed by atoms with E-state index in [0.29, 0.717) is 18.0 Å². The van der Waals surface area contributed by atoms with Crippen LogP contribution in [0.3, 0.4) is 0 Å². The number of oxime groups is 1. The zero-order valence-corrected chi connectivity index (χ0v) is 10.6. The van der Waals surface area contributed by atoms with Crippen molar-refractivity contribution in [2.24, 2.45) is 16.8 Å². The number of hydrogen-bond donors (Lipinski definition) is 3. The summed E-state index contributed by atoms with van der Waals surface area (Å²) in [6, 6.07) is 9.01. The molecule has 1 aromatic carbocycles. The number of carbonyl (C=O) groups excluding carboxylic acids is 1. The molecule has 1 amide bonds. The standard InChI is InChI=1S/C13H19N3O2/c1-9(2)8-15-13(17)11(12(14)16-18)10-6-4-3-5-7-10/h3-7,9,11,18H,8H2,1-2H3,(H2,14,16)(H,15,17). The van der Waals surface area contributed by atoms with E-state index in [4.69, 9.17) is 10.9 Å². The molecular weight excluding hydrogens is 230 g/mol. The van der Waals surface area contributed by atoms with Crippen LogP contribution < -0.4 is 11.1 Å². The number of rotatable bonds is 5. The molecule has 1 unspecified atom stereocenters. The summed E-state index contributed by atoms with van der Waals surface area (Å²) < 4.78 is 0. The van der Waals surface area contributed by atoms with Crippen LogP contribution in [0.5, 0.6) is 0 Å². The van der Waals surface area contributed by atoms with Crippen molar-refractivity contribution in [1.29, 1.82) is 0 Å². The highest BCUT2D eigenvalue weighted by Crippen LogP contribution is 2.16. The summed E-state index contributed by atoms with van der Waals surface area (Å²) in [5, 5.41) is 14.5. The molecule has 0 aliphatic rings. The van der Waals surface area contributed by atoms with Crippen LogP contribution >= 0.6 is 0 Å². The lowest BCUT2D eigenvalue weighted by atomic mass is 9.97. The quantitative estimate of drug-likeness (QED) is 0.318. The van der Waals surface area contributed by atoms with Gasteiger partial charge in [0.05, 0.1) is 0 Å². The molecule has 0 heterocycles. The van der Waals surface area contributed by atoms with Crippen molar-refractivity contribution in [2.75, 3.05) is 6.54 Å². The van der Waals surface area contributed by atoms with Gasteiger partial charge in [-0.3, -0.25) is 4.79 Å². The summed E-state index contributed by atoms with van der Waals surface area (Å²) >= 11 is 0. The van der Waals surface area contributed by atoms with Crippen LogP contribution in [0.15, 0.2) is 35.5 Å². The fourth-order valence-corrected chi connectivity index (χ4v) is 1.57. The Morgan fingerprint density at radius 1 is 1.39 bits per heavy atom. The average molecular weight is 249 g/mol. The van der Waals surface area contributed by atoms with Crippen LogP contribution in [0.25, 0.3) is 0 Å². The molecule has 5 nitrogen and oxygen atoms in total. The highest BCUT2D eigenvalue weighted by Gasteiger charge is 2.24. The predicted octanol–water partition coefficient (Wildman–Crippen LogP) is 1.29. The number of nitrogens with two attached hydrogens (primary N) is 1. The average Bonchev–Trinajstić information content (AvgIpc) is 2.37.